The predicted octanol–water partition coefficient (Wildman–Crippen LogP) is 1.84. The van der Waals surface area contributed by atoms with Gasteiger partial charge in [-0.3, -0.25) is 4.98 Å². The molecule has 2 amide bonds. The molecule has 1 N–H and O–H groups in total. The van der Waals surface area contributed by atoms with Crippen molar-refractivity contribution in [3.8, 4) is 0 Å². The molecule has 2 atom stereocenters. The summed E-state index contributed by atoms with van der Waals surface area (Å²) in [6.45, 7) is 4.34. The molecule has 126 valence electrons. The second-order valence-electron chi connectivity index (χ2n) is 6.24. The standard InChI is InChI=1S/C16H24N4O3/c1-11(2)14(15(21)22)19(4)16(23)20-13(7-9-18(20)3)12-6-5-8-17-10-12/h5-6,8,10-11,13-14H,7,9H2,1-4H3,(H,21,22)/t13-,14+/m1/s1. The molecule has 1 aliphatic rings. The van der Waals surface area contributed by atoms with Gasteiger partial charge in [-0.25, -0.2) is 19.6 Å². The minimum absolute atomic E-state index is 0.120. The molecule has 1 saturated heterocycles. The summed E-state index contributed by atoms with van der Waals surface area (Å²) >= 11 is 0. The monoisotopic (exact) mass is 320 g/mol. The van der Waals surface area contributed by atoms with Crippen LogP contribution in [-0.2, 0) is 4.79 Å². The molecule has 0 aliphatic carbocycles. The second kappa shape index (κ2) is 6.95. The Morgan fingerprint density at radius 1 is 1.43 bits per heavy atom. The zero-order valence-corrected chi connectivity index (χ0v) is 14.0. The van der Waals surface area contributed by atoms with Crippen molar-refractivity contribution in [1.29, 1.82) is 0 Å². The molecule has 1 aromatic heterocycles. The quantitative estimate of drug-likeness (QED) is 0.916. The van der Waals surface area contributed by atoms with Crippen LogP contribution in [0.5, 0.6) is 0 Å². The van der Waals surface area contributed by atoms with Crippen LogP contribution in [0.15, 0.2) is 24.5 Å². The number of nitrogens with zero attached hydrogens (tertiary/aromatic N) is 4. The van der Waals surface area contributed by atoms with Gasteiger partial charge in [0.15, 0.2) is 0 Å². The van der Waals surface area contributed by atoms with E-state index >= 15 is 0 Å². The van der Waals surface area contributed by atoms with Crippen LogP contribution in [0.4, 0.5) is 4.79 Å². The lowest BCUT2D eigenvalue weighted by molar-refractivity contribution is -0.143. The normalized spacial score (nSPS) is 19.9. The van der Waals surface area contributed by atoms with Crippen LogP contribution in [0.1, 0.15) is 31.9 Å². The Balaban J connectivity index is 2.26. The fraction of sp³-hybridized carbons (Fsp3) is 0.562. The highest BCUT2D eigenvalue weighted by atomic mass is 16.4. The lowest BCUT2D eigenvalue weighted by Crippen LogP contribution is -2.53. The summed E-state index contributed by atoms with van der Waals surface area (Å²) in [5.74, 6) is -1.16. The van der Waals surface area contributed by atoms with Crippen LogP contribution in [0.2, 0.25) is 0 Å². The lowest BCUT2D eigenvalue weighted by atomic mass is 10.0. The summed E-state index contributed by atoms with van der Waals surface area (Å²) in [5, 5.41) is 12.9. The van der Waals surface area contributed by atoms with Gasteiger partial charge in [0.1, 0.15) is 6.04 Å². The minimum atomic E-state index is -0.990. The summed E-state index contributed by atoms with van der Waals surface area (Å²) in [6.07, 6.45) is 4.24. The van der Waals surface area contributed by atoms with Crippen molar-refractivity contribution >= 4 is 12.0 Å². The molecule has 0 unspecified atom stereocenters. The van der Waals surface area contributed by atoms with E-state index in [0.29, 0.717) is 0 Å². The maximum absolute atomic E-state index is 12.9. The van der Waals surface area contributed by atoms with Crippen LogP contribution in [0.25, 0.3) is 0 Å². The number of hydrogen-bond donors (Lipinski definition) is 1. The number of carbonyl (C=O) groups excluding carboxylic acids is 1. The molecule has 2 heterocycles. The van der Waals surface area contributed by atoms with Crippen LogP contribution in [0.3, 0.4) is 0 Å². The van der Waals surface area contributed by atoms with Crippen molar-refractivity contribution in [2.45, 2.75) is 32.4 Å². The van der Waals surface area contributed by atoms with Gasteiger partial charge in [-0.2, -0.15) is 0 Å². The molecule has 1 aromatic rings. The van der Waals surface area contributed by atoms with E-state index in [0.717, 1.165) is 18.5 Å². The topological polar surface area (TPSA) is 77.0 Å². The van der Waals surface area contributed by atoms with Gasteiger partial charge >= 0.3 is 12.0 Å². The Hall–Kier alpha value is -2.15. The third-order valence-corrected chi connectivity index (χ3v) is 4.26. The van der Waals surface area contributed by atoms with Gasteiger partial charge in [0, 0.05) is 33.0 Å². The number of hydrazine groups is 1. The first-order valence-electron chi connectivity index (χ1n) is 7.74. The fourth-order valence-electron chi connectivity index (χ4n) is 3.12. The first-order valence-corrected chi connectivity index (χ1v) is 7.74. The Bertz CT molecular complexity index is 564. The van der Waals surface area contributed by atoms with E-state index in [-0.39, 0.29) is 18.0 Å². The molecule has 0 bridgehead atoms. The number of carboxylic acids is 1. The SMILES string of the molecule is CC(C)[C@@H](C(=O)O)N(C)C(=O)N1[C@@H](c2cccnc2)CCN1C. The average Bonchev–Trinajstić information content (AvgIpc) is 2.88. The van der Waals surface area contributed by atoms with Crippen molar-refractivity contribution in [1.82, 2.24) is 19.9 Å². The van der Waals surface area contributed by atoms with Gasteiger partial charge in [0.05, 0.1) is 6.04 Å². The number of carbonyl (C=O) groups is 2. The highest BCUT2D eigenvalue weighted by molar-refractivity contribution is 5.82. The molecule has 1 aliphatic heterocycles. The number of rotatable bonds is 4. The van der Waals surface area contributed by atoms with Gasteiger partial charge in [-0.1, -0.05) is 19.9 Å². The first-order chi connectivity index (χ1) is 10.8. The van der Waals surface area contributed by atoms with Gasteiger partial charge in [0.2, 0.25) is 0 Å². The summed E-state index contributed by atoms with van der Waals surface area (Å²) in [5.41, 5.74) is 0.954. The molecule has 0 radical (unpaired) electrons. The Morgan fingerprint density at radius 3 is 2.65 bits per heavy atom. The maximum Gasteiger partial charge on any atom is 0.335 e. The molecule has 1 fully saturated rings. The van der Waals surface area contributed by atoms with Crippen molar-refractivity contribution in [2.24, 2.45) is 5.92 Å². The number of pyridine rings is 1. The van der Waals surface area contributed by atoms with Crippen LogP contribution in [-0.4, -0.2) is 63.7 Å². The van der Waals surface area contributed by atoms with E-state index in [2.05, 4.69) is 4.98 Å². The van der Waals surface area contributed by atoms with Gasteiger partial charge in [0.25, 0.3) is 0 Å². The summed E-state index contributed by atoms with van der Waals surface area (Å²) in [4.78, 5) is 29.9. The van der Waals surface area contributed by atoms with Crippen LogP contribution < -0.4 is 0 Å². The fourth-order valence-corrected chi connectivity index (χ4v) is 3.12. The zero-order valence-electron chi connectivity index (χ0n) is 14.0. The summed E-state index contributed by atoms with van der Waals surface area (Å²) in [7, 11) is 3.39. The van der Waals surface area contributed by atoms with Crippen molar-refractivity contribution < 1.29 is 14.7 Å². The Kier molecular flexibility index (Phi) is 5.20. The van der Waals surface area contributed by atoms with Crippen molar-refractivity contribution in [3.63, 3.8) is 0 Å². The zero-order chi connectivity index (χ0) is 17.1. The molecule has 0 aromatic carbocycles. The minimum Gasteiger partial charge on any atom is -0.480 e. The van der Waals surface area contributed by atoms with E-state index in [9.17, 15) is 14.7 Å². The Labute approximate surface area is 136 Å². The van der Waals surface area contributed by atoms with Crippen molar-refractivity contribution in [2.75, 3.05) is 20.6 Å². The van der Waals surface area contributed by atoms with Gasteiger partial charge in [-0.05, 0) is 24.0 Å². The molecular formula is C16H24N4O3. The van der Waals surface area contributed by atoms with Gasteiger partial charge < -0.3 is 10.0 Å². The number of hydrogen-bond acceptors (Lipinski definition) is 4. The lowest BCUT2D eigenvalue weighted by Gasteiger charge is -2.36. The molecular weight excluding hydrogens is 296 g/mol. The number of urea groups is 1. The number of aliphatic carboxylic acids is 1. The van der Waals surface area contributed by atoms with Crippen LogP contribution >= 0.6 is 0 Å². The highest BCUT2D eigenvalue weighted by Crippen LogP contribution is 2.32. The third kappa shape index (κ3) is 3.44. The molecule has 23 heavy (non-hydrogen) atoms. The molecule has 7 heteroatoms. The maximum atomic E-state index is 12.9. The third-order valence-electron chi connectivity index (χ3n) is 4.26. The highest BCUT2D eigenvalue weighted by Gasteiger charge is 2.39. The van der Waals surface area contributed by atoms with E-state index < -0.39 is 12.0 Å². The van der Waals surface area contributed by atoms with E-state index in [4.69, 9.17) is 0 Å². The molecule has 2 rings (SSSR count). The van der Waals surface area contributed by atoms with E-state index in [1.165, 1.54) is 4.90 Å². The first kappa shape index (κ1) is 17.2. The largest absolute Gasteiger partial charge is 0.480 e. The molecule has 0 spiro atoms. The average molecular weight is 320 g/mol. The molecule has 0 saturated carbocycles. The van der Waals surface area contributed by atoms with E-state index in [1.54, 1.807) is 38.3 Å². The number of likely N-dealkylation sites (N-methyl/N-ethyl adjacent to an activating group) is 1. The summed E-state index contributed by atoms with van der Waals surface area (Å²) < 4.78 is 0. The Morgan fingerprint density at radius 2 is 2.13 bits per heavy atom. The predicted molar refractivity (Wildman–Crippen MR) is 85.5 cm³/mol. The number of aromatic nitrogens is 1. The summed E-state index contributed by atoms with van der Waals surface area (Å²) in [6, 6.07) is 2.50. The van der Waals surface area contributed by atoms with Gasteiger partial charge in [-0.15, -0.1) is 0 Å². The van der Waals surface area contributed by atoms with Crippen molar-refractivity contribution in [3.05, 3.63) is 30.1 Å². The molecule has 7 nitrogen and oxygen atoms in total. The van der Waals surface area contributed by atoms with E-state index in [1.807, 2.05) is 24.2 Å². The number of carboxylic acid groups (broad SMARTS) is 1. The van der Waals surface area contributed by atoms with Crippen LogP contribution in [0, 0.1) is 5.92 Å². The number of amides is 2. The second-order valence-corrected chi connectivity index (χ2v) is 6.24. The smallest absolute Gasteiger partial charge is 0.335 e.